The Morgan fingerprint density at radius 1 is 0.337 bits per heavy atom. The molecular weight excluding hydrogens is 2290 g/mol. The minimum absolute atomic E-state index is 0.374. The van der Waals surface area contributed by atoms with E-state index in [4.69, 9.17) is 36.1 Å². The Kier molecular flexibility index (Phi) is 66.6. The molecule has 0 bridgehead atoms. The van der Waals surface area contributed by atoms with Crippen LogP contribution in [-0.2, 0) is 547 Å². The van der Waals surface area contributed by atoms with Gasteiger partial charge in [0, 0.05) is 571 Å². The topological polar surface area (TPSA) is 57.4 Å². The molecule has 506 valence electrons. The summed E-state index contributed by atoms with van der Waals surface area (Å²) >= 11 is 9.64. The Hall–Kier alpha value is 10.5. The predicted octanol–water partition coefficient (Wildman–Crippen LogP) is 4.51. The van der Waals surface area contributed by atoms with E-state index in [9.17, 15) is 0 Å². The molecule has 0 atom stereocenters. The van der Waals surface area contributed by atoms with Crippen molar-refractivity contribution in [3.63, 3.8) is 0 Å². The number of para-hydroxylation sites is 1. The fourth-order valence-electron chi connectivity index (χ4n) is 4.29. The number of benzene rings is 1. The van der Waals surface area contributed by atoms with Gasteiger partial charge in [-0.05, 0) is 58.9 Å². The number of nitrogens with zero attached hydrogens (tertiary/aromatic N) is 2. The fourth-order valence-corrected chi connectivity index (χ4v) is 158. The third-order valence-corrected chi connectivity index (χ3v) is 134. The summed E-state index contributed by atoms with van der Waals surface area (Å²) in [5.41, 5.74) is 4.33. The van der Waals surface area contributed by atoms with Crippen LogP contribution in [0.25, 0.3) is 33.3 Å². The number of hydrogen-bond acceptors (Lipinski definition) is 7. The van der Waals surface area contributed by atoms with Crippen molar-refractivity contribution >= 4 is 572 Å². The van der Waals surface area contributed by atoms with Crippen LogP contribution in [0.2, 0.25) is 0 Å². The van der Waals surface area contributed by atoms with Crippen LogP contribution in [0.3, 0.4) is 0 Å². The molecule has 0 unspecified atom stereocenters. The third-order valence-electron chi connectivity index (χ3n) is 7.67. The second kappa shape index (κ2) is 64.5. The van der Waals surface area contributed by atoms with Gasteiger partial charge in [0.25, 0.3) is 0 Å². The highest BCUT2D eigenvalue weighted by Crippen LogP contribution is 2.37. The number of aryl methyl sites for hydroxylation is 1. The molecule has 4 heterocycles. The van der Waals surface area contributed by atoms with Gasteiger partial charge >= 0.3 is 7.12 Å². The smallest absolute Gasteiger partial charge is 0.437 e. The summed E-state index contributed by atoms with van der Waals surface area (Å²) in [6, 6.07) is 14.2. The fraction of sp³-hybridized carbons (Fsp3) is 0.304. The SMILES string of the molecule is Cc1ccc2c(n1)oc1c(-c3ccc(B4OC(C)(C)C(C)(C)O4)cn3)cccc12.S=S=S=S=S=S=S=S=S=S=S=S=S=S=S=S=S=S=S=S=S=S=S=S=S=S=S=S=S=S=S=S=S=S=S=S=S=S=S=S=S=S=S=S=S=S=S=S=S=S=S=S=S=S=S=S=S=S=S=S. The van der Waals surface area contributed by atoms with Gasteiger partial charge in [0.15, 0.2) is 0 Å². The number of fused-ring (bicyclic) bond motifs is 3. The molecular formula is C23H23BN2O3S60. The first-order valence-electron chi connectivity index (χ1n) is 19.7. The van der Waals surface area contributed by atoms with Gasteiger partial charge < -0.3 is 13.7 Å². The van der Waals surface area contributed by atoms with Gasteiger partial charge in [-0.25, -0.2) is 4.98 Å². The molecule has 1 aliphatic heterocycles. The Morgan fingerprint density at radius 2 is 0.618 bits per heavy atom. The van der Waals surface area contributed by atoms with E-state index in [0.29, 0.717) is 5.71 Å². The summed E-state index contributed by atoms with van der Waals surface area (Å²) in [5, 5.41) is 2.06. The molecule has 1 fully saturated rings. The summed E-state index contributed by atoms with van der Waals surface area (Å²) in [5.74, 6) is 0. The average molecular weight is 2310 g/mol. The number of rotatable bonds is 2. The zero-order valence-electron chi connectivity index (χ0n) is 41.8. The number of hydrogen-bond donors (Lipinski definition) is 0. The summed E-state index contributed by atoms with van der Waals surface area (Å²) in [6.07, 6.45) is 1.82. The zero-order chi connectivity index (χ0) is 63.4. The van der Waals surface area contributed by atoms with Crippen molar-refractivity contribution in [2.24, 2.45) is 0 Å². The van der Waals surface area contributed by atoms with Gasteiger partial charge in [0.05, 0.1) is 16.9 Å². The first-order chi connectivity index (χ1) is 43.7. The van der Waals surface area contributed by atoms with Crippen molar-refractivity contribution in [1.82, 2.24) is 9.97 Å². The molecule has 3 aromatic heterocycles. The molecule has 1 saturated heterocycles. The maximum Gasteiger partial charge on any atom is 0.496 e. The molecule has 0 aliphatic carbocycles. The Bertz CT molecular complexity index is 5940. The molecule has 4 aromatic rings. The largest absolute Gasteiger partial charge is 0.496 e. The summed E-state index contributed by atoms with van der Waals surface area (Å²) in [6.45, 7) is 10.2. The maximum atomic E-state index is 6.13. The second-order valence-electron chi connectivity index (χ2n) is 12.6. The van der Waals surface area contributed by atoms with E-state index in [1.807, 2.05) is 462 Å². The lowest BCUT2D eigenvalue weighted by molar-refractivity contribution is 0.00578. The molecule has 1 aromatic carbocycles. The van der Waals surface area contributed by atoms with Crippen molar-refractivity contribution < 1.29 is 13.7 Å². The van der Waals surface area contributed by atoms with Crippen molar-refractivity contribution in [3.8, 4) is 11.3 Å². The molecule has 0 N–H and O–H groups in total. The minimum atomic E-state index is -0.421. The monoisotopic (exact) mass is 2300 g/mol. The van der Waals surface area contributed by atoms with Crippen molar-refractivity contribution in [2.45, 2.75) is 45.8 Å². The van der Waals surface area contributed by atoms with Crippen LogP contribution in [-0.4, -0.2) is 28.3 Å². The molecule has 66 heteroatoms. The summed E-state index contributed by atoms with van der Waals surface area (Å²) in [7, 11) is 104. The molecule has 89 heavy (non-hydrogen) atoms. The minimum Gasteiger partial charge on any atom is -0.437 e. The quantitative estimate of drug-likeness (QED) is 0.275. The van der Waals surface area contributed by atoms with Crippen LogP contribution in [0, 0.1) is 6.92 Å². The highest BCUT2D eigenvalue weighted by molar-refractivity contribution is 8.83. The molecule has 0 saturated carbocycles. The van der Waals surface area contributed by atoms with E-state index in [-0.39, 0.29) is 11.2 Å². The normalized spacial score (nSPS) is 11.1. The lowest BCUT2D eigenvalue weighted by Crippen LogP contribution is -2.41. The van der Waals surface area contributed by atoms with Gasteiger partial charge in [0.1, 0.15) is 5.58 Å². The molecule has 0 spiro atoms. The van der Waals surface area contributed by atoms with Crippen LogP contribution in [0.1, 0.15) is 33.4 Å². The lowest BCUT2D eigenvalue weighted by atomic mass is 9.80. The second-order valence-corrected chi connectivity index (χ2v) is 115. The zero-order valence-corrected chi connectivity index (χ0v) is 90.8. The third kappa shape index (κ3) is 47.1. The van der Waals surface area contributed by atoms with Crippen molar-refractivity contribution in [1.29, 1.82) is 0 Å². The van der Waals surface area contributed by atoms with E-state index in [1.165, 1.54) is 17.8 Å². The van der Waals surface area contributed by atoms with Gasteiger partial charge in [-0.1, -0.05) is 18.2 Å². The maximum absolute atomic E-state index is 6.13. The van der Waals surface area contributed by atoms with Crippen molar-refractivity contribution in [3.05, 3.63) is 54.4 Å². The first kappa shape index (κ1) is 91.9. The highest BCUT2D eigenvalue weighted by atomic mass is 33.5. The highest BCUT2D eigenvalue weighted by Gasteiger charge is 2.51. The van der Waals surface area contributed by atoms with Crippen LogP contribution in [0.15, 0.2) is 53.1 Å². The number of pyridine rings is 2. The number of aromatic nitrogens is 2. The molecule has 0 amide bonds. The van der Waals surface area contributed by atoms with Gasteiger partial charge in [-0.3, -0.25) is 4.98 Å². The van der Waals surface area contributed by atoms with Gasteiger partial charge in [-0.15, -0.1) is 0 Å². The van der Waals surface area contributed by atoms with E-state index in [2.05, 4.69) is 22.1 Å². The van der Waals surface area contributed by atoms with Crippen LogP contribution >= 0.6 is 0 Å². The van der Waals surface area contributed by atoms with E-state index in [1.54, 1.807) is 107 Å². The molecule has 5 nitrogen and oxygen atoms in total. The summed E-state index contributed by atoms with van der Waals surface area (Å²) < 4.78 is 18.4. The lowest BCUT2D eigenvalue weighted by Gasteiger charge is -2.32. The van der Waals surface area contributed by atoms with Crippen LogP contribution in [0.4, 0.5) is 0 Å². The Labute approximate surface area is 689 Å². The Balaban J connectivity index is 0.000000476. The predicted molar refractivity (Wildman–Crippen MR) is 557 cm³/mol. The molecule has 1 aliphatic rings. The molecule has 5 rings (SSSR count). The van der Waals surface area contributed by atoms with Crippen LogP contribution in [0.5, 0.6) is 0 Å². The van der Waals surface area contributed by atoms with E-state index < -0.39 is 7.12 Å². The Morgan fingerprint density at radius 3 is 0.876 bits per heavy atom. The van der Waals surface area contributed by atoms with Crippen LogP contribution < -0.4 is 5.46 Å². The standard InChI is InChI=1S/C23H23BN2O3.S60/c1-14-9-11-17-16-7-6-8-18(20(16)27-21(17)26-14)19-12-10-15(13-25-19)24-28-22(2,3)23(4,5)29-24;1-3-5-7-9-11-13-15-17-19-21-23-25-27-29-31-33-35-37-39-41-43-45-47-49-51-53-55-57-59-60-58-56-54-52-50-48-46-44-42-40-38-36-34-32-30-28-26-24-22-20-18-16-14-12-10-8-6-4-2/h6-13H,1-5H3;. The van der Waals surface area contributed by atoms with E-state index in [0.717, 1.165) is 38.8 Å². The van der Waals surface area contributed by atoms with E-state index >= 15 is 0 Å². The average Bonchev–Trinajstić information content (AvgIpc) is 1.74. The van der Waals surface area contributed by atoms with Gasteiger partial charge in [0.2, 0.25) is 5.71 Å². The van der Waals surface area contributed by atoms with Crippen molar-refractivity contribution in [2.75, 3.05) is 0 Å². The summed E-state index contributed by atoms with van der Waals surface area (Å²) in [4.78, 5) is 9.21. The molecule has 0 radical (unpaired) electrons. The van der Waals surface area contributed by atoms with Gasteiger partial charge in [-0.2, -0.15) is 0 Å². The number of furan rings is 1. The first-order valence-corrected chi connectivity index (χ1v) is 98.4.